The van der Waals surface area contributed by atoms with Gasteiger partial charge in [-0.25, -0.2) is 4.57 Å². The zero-order valence-electron chi connectivity index (χ0n) is 10.8. The minimum Gasteiger partial charge on any atom is -0.384 e. The van der Waals surface area contributed by atoms with Gasteiger partial charge in [-0.3, -0.25) is 0 Å². The first-order chi connectivity index (χ1) is 8.16. The summed E-state index contributed by atoms with van der Waals surface area (Å²) in [6.07, 6.45) is 2.08. The fourth-order valence-corrected chi connectivity index (χ4v) is 1.88. The second-order valence-electron chi connectivity index (χ2n) is 4.62. The maximum Gasteiger partial charge on any atom is 0.214 e. The van der Waals surface area contributed by atoms with Gasteiger partial charge in [0.15, 0.2) is 6.20 Å². The number of pyridine rings is 1. The van der Waals surface area contributed by atoms with Crippen LogP contribution in [0.3, 0.4) is 0 Å². The van der Waals surface area contributed by atoms with Gasteiger partial charge in [0.05, 0.1) is 0 Å². The summed E-state index contributed by atoms with van der Waals surface area (Å²) in [5.74, 6) is 0. The number of hydrogen-bond donors (Lipinski definition) is 1. The van der Waals surface area contributed by atoms with Crippen molar-refractivity contribution in [1.29, 1.82) is 0 Å². The van der Waals surface area contributed by atoms with E-state index in [1.807, 2.05) is 0 Å². The molecule has 0 unspecified atom stereocenters. The van der Waals surface area contributed by atoms with Crippen LogP contribution in [0.4, 0.5) is 5.69 Å². The summed E-state index contributed by atoms with van der Waals surface area (Å²) in [4.78, 5) is 2.17. The second kappa shape index (κ2) is 5.15. The molecule has 1 aromatic carbocycles. The SMILES string of the molecule is CN(C)CCNc1ccc2ccc[n+](C)c2c1. The van der Waals surface area contributed by atoms with Crippen molar-refractivity contribution in [1.82, 2.24) is 4.90 Å². The molecule has 0 saturated heterocycles. The van der Waals surface area contributed by atoms with Crippen molar-refractivity contribution >= 4 is 16.6 Å². The van der Waals surface area contributed by atoms with Gasteiger partial charge >= 0.3 is 0 Å². The van der Waals surface area contributed by atoms with Crippen LogP contribution in [0.1, 0.15) is 0 Å². The third-order valence-corrected chi connectivity index (χ3v) is 2.88. The summed E-state index contributed by atoms with van der Waals surface area (Å²) in [6, 6.07) is 10.7. The van der Waals surface area contributed by atoms with Gasteiger partial charge in [-0.2, -0.15) is 0 Å². The molecule has 1 heterocycles. The number of benzene rings is 1. The van der Waals surface area contributed by atoms with Crippen LogP contribution in [0.15, 0.2) is 36.5 Å². The Bertz CT molecular complexity index is 506. The smallest absolute Gasteiger partial charge is 0.214 e. The fourth-order valence-electron chi connectivity index (χ4n) is 1.88. The number of nitrogens with one attached hydrogen (secondary N) is 1. The fraction of sp³-hybridized carbons (Fsp3) is 0.357. The molecule has 0 bridgehead atoms. The van der Waals surface area contributed by atoms with Gasteiger partial charge in [-0.1, -0.05) is 0 Å². The molecule has 2 rings (SSSR count). The standard InChI is InChI=1S/C14H19N3/c1-16(2)10-8-15-13-7-6-12-5-4-9-17(3)14(12)11-13/h4-7,9,11H,8,10H2,1-3H3/p+1. The highest BCUT2D eigenvalue weighted by Gasteiger charge is 2.04. The molecule has 0 spiro atoms. The van der Waals surface area contributed by atoms with E-state index in [1.54, 1.807) is 0 Å². The third kappa shape index (κ3) is 2.94. The first-order valence-electron chi connectivity index (χ1n) is 5.94. The minimum atomic E-state index is 0.967. The van der Waals surface area contributed by atoms with Crippen LogP contribution < -0.4 is 9.88 Å². The molecule has 3 heteroatoms. The van der Waals surface area contributed by atoms with Crippen molar-refractivity contribution in [2.24, 2.45) is 7.05 Å². The van der Waals surface area contributed by atoms with Gasteiger partial charge < -0.3 is 10.2 Å². The zero-order chi connectivity index (χ0) is 12.3. The Labute approximate surface area is 103 Å². The number of aryl methyl sites for hydroxylation is 1. The Kier molecular flexibility index (Phi) is 3.59. The first kappa shape index (κ1) is 11.9. The number of anilines is 1. The van der Waals surface area contributed by atoms with Crippen LogP contribution in [0.5, 0.6) is 0 Å². The van der Waals surface area contributed by atoms with Gasteiger partial charge in [0.1, 0.15) is 7.05 Å². The van der Waals surface area contributed by atoms with Crippen LogP contribution in [-0.2, 0) is 7.05 Å². The maximum atomic E-state index is 3.44. The third-order valence-electron chi connectivity index (χ3n) is 2.88. The van der Waals surface area contributed by atoms with Crippen molar-refractivity contribution in [2.75, 3.05) is 32.5 Å². The molecule has 0 radical (unpaired) electrons. The normalized spacial score (nSPS) is 11.1. The molecular weight excluding hydrogens is 210 g/mol. The summed E-state index contributed by atoms with van der Waals surface area (Å²) < 4.78 is 2.15. The molecule has 1 aromatic heterocycles. The van der Waals surface area contributed by atoms with Gasteiger partial charge in [-0.15, -0.1) is 0 Å². The van der Waals surface area contributed by atoms with Gasteiger partial charge in [-0.05, 0) is 32.3 Å². The molecule has 17 heavy (non-hydrogen) atoms. The average molecular weight is 230 g/mol. The molecule has 1 N–H and O–H groups in total. The predicted molar refractivity (Wildman–Crippen MR) is 72.2 cm³/mol. The predicted octanol–water partition coefficient (Wildman–Crippen LogP) is 1.64. The number of fused-ring (bicyclic) bond motifs is 1. The summed E-state index contributed by atoms with van der Waals surface area (Å²) >= 11 is 0. The van der Waals surface area contributed by atoms with Gasteiger partial charge in [0, 0.05) is 36.3 Å². The van der Waals surface area contributed by atoms with Crippen molar-refractivity contribution in [3.63, 3.8) is 0 Å². The summed E-state index contributed by atoms with van der Waals surface area (Å²) in [6.45, 7) is 2.01. The highest BCUT2D eigenvalue weighted by Crippen LogP contribution is 2.15. The molecule has 0 fully saturated rings. The first-order valence-corrected chi connectivity index (χ1v) is 5.94. The number of aromatic nitrogens is 1. The molecule has 3 nitrogen and oxygen atoms in total. The Morgan fingerprint density at radius 1 is 1.24 bits per heavy atom. The van der Waals surface area contributed by atoms with E-state index in [0.717, 1.165) is 13.1 Å². The summed E-state index contributed by atoms with van der Waals surface area (Å²) in [5, 5.41) is 4.71. The Morgan fingerprint density at radius 3 is 2.82 bits per heavy atom. The Hall–Kier alpha value is -1.61. The quantitative estimate of drug-likeness (QED) is 0.805. The molecule has 0 aliphatic rings. The van der Waals surface area contributed by atoms with Crippen molar-refractivity contribution < 1.29 is 4.57 Å². The summed E-state index contributed by atoms with van der Waals surface area (Å²) in [5.41, 5.74) is 2.43. The van der Waals surface area contributed by atoms with E-state index in [0.29, 0.717) is 0 Å². The largest absolute Gasteiger partial charge is 0.384 e. The number of nitrogens with zero attached hydrogens (tertiary/aromatic N) is 2. The topological polar surface area (TPSA) is 19.1 Å². The highest BCUT2D eigenvalue weighted by atomic mass is 15.1. The van der Waals surface area contributed by atoms with E-state index in [-0.39, 0.29) is 0 Å². The molecule has 2 aromatic rings. The Balaban J connectivity index is 2.17. The van der Waals surface area contributed by atoms with Crippen LogP contribution in [0.2, 0.25) is 0 Å². The average Bonchev–Trinajstić information content (AvgIpc) is 2.30. The van der Waals surface area contributed by atoms with E-state index in [1.165, 1.54) is 16.6 Å². The lowest BCUT2D eigenvalue weighted by atomic mass is 10.2. The lowest BCUT2D eigenvalue weighted by Gasteiger charge is -2.11. The molecule has 0 atom stereocenters. The second-order valence-corrected chi connectivity index (χ2v) is 4.62. The van der Waals surface area contributed by atoms with Crippen molar-refractivity contribution in [3.8, 4) is 0 Å². The number of hydrogen-bond acceptors (Lipinski definition) is 2. The minimum absolute atomic E-state index is 0.967. The maximum absolute atomic E-state index is 3.44. The van der Waals surface area contributed by atoms with Crippen LogP contribution in [0.25, 0.3) is 10.9 Å². The molecule has 0 aliphatic carbocycles. The highest BCUT2D eigenvalue weighted by molar-refractivity contribution is 5.79. The van der Waals surface area contributed by atoms with Crippen LogP contribution >= 0.6 is 0 Å². The Morgan fingerprint density at radius 2 is 2.06 bits per heavy atom. The number of rotatable bonds is 4. The van der Waals surface area contributed by atoms with Gasteiger partial charge in [0.2, 0.25) is 5.52 Å². The van der Waals surface area contributed by atoms with Crippen molar-refractivity contribution in [3.05, 3.63) is 36.5 Å². The van der Waals surface area contributed by atoms with Crippen molar-refractivity contribution in [2.45, 2.75) is 0 Å². The van der Waals surface area contributed by atoms with Gasteiger partial charge in [0.25, 0.3) is 0 Å². The van der Waals surface area contributed by atoms with Crippen LogP contribution in [-0.4, -0.2) is 32.1 Å². The lowest BCUT2D eigenvalue weighted by molar-refractivity contribution is -0.644. The number of likely N-dealkylation sites (N-methyl/N-ethyl adjacent to an activating group) is 1. The molecular formula is C14H20N3+. The summed E-state index contributed by atoms with van der Waals surface area (Å²) in [7, 11) is 6.25. The van der Waals surface area contributed by atoms with E-state index in [2.05, 4.69) is 72.5 Å². The van der Waals surface area contributed by atoms with E-state index < -0.39 is 0 Å². The van der Waals surface area contributed by atoms with E-state index >= 15 is 0 Å². The molecule has 0 amide bonds. The lowest BCUT2D eigenvalue weighted by Crippen LogP contribution is -2.28. The van der Waals surface area contributed by atoms with E-state index in [4.69, 9.17) is 0 Å². The molecule has 90 valence electrons. The molecule has 0 aliphatic heterocycles. The molecule has 0 saturated carbocycles. The van der Waals surface area contributed by atoms with E-state index in [9.17, 15) is 0 Å². The monoisotopic (exact) mass is 230 g/mol. The zero-order valence-corrected chi connectivity index (χ0v) is 10.8. The van der Waals surface area contributed by atoms with Crippen LogP contribution in [0, 0.1) is 0 Å².